The van der Waals surface area contributed by atoms with Gasteiger partial charge < -0.3 is 28.4 Å². The van der Waals surface area contributed by atoms with Gasteiger partial charge in [0.1, 0.15) is 0 Å². The van der Waals surface area contributed by atoms with Crippen molar-refractivity contribution < 1.29 is 57.2 Å². The lowest BCUT2D eigenvalue weighted by Gasteiger charge is -2.33. The molecular formula is C78H86O12. The molecule has 0 aliphatic carbocycles. The van der Waals surface area contributed by atoms with Gasteiger partial charge in [-0.15, -0.1) is 0 Å². The van der Waals surface area contributed by atoms with Crippen LogP contribution in [0, 0.1) is 0 Å². The Labute approximate surface area is 528 Å². The summed E-state index contributed by atoms with van der Waals surface area (Å²) < 4.78 is 33.2. The van der Waals surface area contributed by atoms with Gasteiger partial charge in [-0.2, -0.15) is 0 Å². The van der Waals surface area contributed by atoms with Crippen LogP contribution in [-0.4, -0.2) is 61.6 Å². The maximum absolute atomic E-state index is 14.1. The van der Waals surface area contributed by atoms with E-state index < -0.39 is 48.6 Å². The normalized spacial score (nSPS) is 13.2. The molecule has 0 saturated heterocycles. The molecule has 0 saturated carbocycles. The highest BCUT2D eigenvalue weighted by Crippen LogP contribution is 2.32. The largest absolute Gasteiger partial charge is 0.453 e. The van der Waals surface area contributed by atoms with Gasteiger partial charge in [-0.25, -0.2) is 14.4 Å². The average molecular weight is 1220 g/mol. The van der Waals surface area contributed by atoms with Gasteiger partial charge in [0.2, 0.25) is 0 Å². The van der Waals surface area contributed by atoms with Crippen molar-refractivity contribution in [2.24, 2.45) is 0 Å². The Kier molecular flexibility index (Phi) is 25.1. The maximum atomic E-state index is 14.1. The molecule has 0 amide bonds. The van der Waals surface area contributed by atoms with Gasteiger partial charge in [0.05, 0.1) is 6.42 Å². The second-order valence-electron chi connectivity index (χ2n) is 24.0. The summed E-state index contributed by atoms with van der Waals surface area (Å²) in [5.41, 5.74) is 3.97. The zero-order valence-corrected chi connectivity index (χ0v) is 52.1. The highest BCUT2D eigenvalue weighted by Gasteiger charge is 2.47. The van der Waals surface area contributed by atoms with Gasteiger partial charge in [-0.05, 0) is 195 Å². The molecule has 9 rings (SSSR count). The van der Waals surface area contributed by atoms with E-state index in [0.717, 1.165) is 116 Å². The van der Waals surface area contributed by atoms with Crippen LogP contribution >= 0.6 is 0 Å². The van der Waals surface area contributed by atoms with Gasteiger partial charge in [-0.1, -0.05) is 211 Å². The second kappa shape index (κ2) is 34.4. The van der Waals surface area contributed by atoms with Crippen LogP contribution in [0.4, 0.5) is 0 Å². The molecule has 9 aromatic carbocycles. The molecule has 3 atom stereocenters. The fraction of sp³-hybridized carbons (Fsp3) is 0.385. The molecule has 0 fully saturated rings. The molecule has 470 valence electrons. The van der Waals surface area contributed by atoms with Crippen LogP contribution in [0.2, 0.25) is 0 Å². The first-order chi connectivity index (χ1) is 44.2. The monoisotopic (exact) mass is 1210 g/mol. The predicted molar refractivity (Wildman–Crippen MR) is 357 cm³/mol. The Morgan fingerprint density at radius 2 is 0.567 bits per heavy atom. The Bertz CT molecular complexity index is 3440. The van der Waals surface area contributed by atoms with E-state index in [2.05, 4.69) is 164 Å². The Morgan fingerprint density at radius 3 is 0.833 bits per heavy atom. The number of benzene rings is 9. The van der Waals surface area contributed by atoms with Crippen molar-refractivity contribution in [3.8, 4) is 0 Å². The molecule has 0 N–H and O–H groups in total. The molecule has 9 aromatic rings. The minimum absolute atomic E-state index is 0.0815. The Hall–Kier alpha value is -8.64. The summed E-state index contributed by atoms with van der Waals surface area (Å²) in [6.07, 6.45) is 13.7. The number of rotatable bonds is 40. The summed E-state index contributed by atoms with van der Waals surface area (Å²) in [6, 6.07) is 58.2. The minimum Gasteiger partial charge on any atom is -0.453 e. The van der Waals surface area contributed by atoms with E-state index in [0.29, 0.717) is 19.3 Å². The van der Waals surface area contributed by atoms with E-state index in [-0.39, 0.29) is 38.7 Å². The summed E-state index contributed by atoms with van der Waals surface area (Å²) in [5, 5.41) is 14.8. The molecule has 90 heavy (non-hydrogen) atoms. The molecule has 3 unspecified atom stereocenters. The topological polar surface area (TPSA) is 158 Å². The molecule has 0 spiro atoms. The third kappa shape index (κ3) is 18.5. The third-order valence-corrected chi connectivity index (χ3v) is 17.6. The van der Waals surface area contributed by atoms with Crippen LogP contribution in [0.5, 0.6) is 0 Å². The quantitative estimate of drug-likeness (QED) is 0.00895. The lowest BCUT2D eigenvalue weighted by molar-refractivity contribution is -0.338. The number of esters is 3. The first kappa shape index (κ1) is 65.8. The van der Waals surface area contributed by atoms with Crippen LogP contribution in [0.25, 0.3) is 64.6 Å². The van der Waals surface area contributed by atoms with Crippen molar-refractivity contribution in [1.82, 2.24) is 0 Å². The summed E-state index contributed by atoms with van der Waals surface area (Å²) in [6.45, 7) is 1.92. The fourth-order valence-corrected chi connectivity index (χ4v) is 12.7. The van der Waals surface area contributed by atoms with Gasteiger partial charge in [0.25, 0.3) is 19.4 Å². The SMILES string of the molecule is CCC(OC(=O)C(CCCCCCCCc1cccc2cc3ccccc3cc12)OC=O)(OC(=O)C(CCCCCCCCc1cccc2cc3ccccc3cc12)OC=O)OC(=O)C(CCCCCCCCc1cccc2cc3ccccc3cc12)OC=O. The molecule has 12 nitrogen and oxygen atoms in total. The molecule has 0 bridgehead atoms. The van der Waals surface area contributed by atoms with E-state index in [1.165, 1.54) is 88.2 Å². The lowest BCUT2D eigenvalue weighted by atomic mass is 9.96. The van der Waals surface area contributed by atoms with E-state index >= 15 is 0 Å². The Balaban J connectivity index is 0.765. The first-order valence-electron chi connectivity index (χ1n) is 32.8. The van der Waals surface area contributed by atoms with E-state index in [4.69, 9.17) is 28.4 Å². The number of carbonyl (C=O) groups excluding carboxylic acids is 6. The first-order valence-corrected chi connectivity index (χ1v) is 32.8. The molecule has 0 heterocycles. The average Bonchev–Trinajstić information content (AvgIpc) is 1.12. The zero-order chi connectivity index (χ0) is 62.8. The maximum Gasteiger partial charge on any atom is 0.423 e. The third-order valence-electron chi connectivity index (χ3n) is 17.6. The van der Waals surface area contributed by atoms with Crippen molar-refractivity contribution in [3.63, 3.8) is 0 Å². The number of aryl methyl sites for hydroxylation is 3. The predicted octanol–water partition coefficient (Wildman–Crippen LogP) is 18.1. The van der Waals surface area contributed by atoms with Crippen molar-refractivity contribution in [1.29, 1.82) is 0 Å². The summed E-state index contributed by atoms with van der Waals surface area (Å²) in [4.78, 5) is 78.0. The van der Waals surface area contributed by atoms with Crippen LogP contribution in [0.3, 0.4) is 0 Å². The van der Waals surface area contributed by atoms with Crippen molar-refractivity contribution in [3.05, 3.63) is 180 Å². The number of fused-ring (bicyclic) bond motifs is 6. The van der Waals surface area contributed by atoms with E-state index in [1.807, 2.05) is 0 Å². The molecule has 0 aliphatic heterocycles. The second-order valence-corrected chi connectivity index (χ2v) is 24.0. The van der Waals surface area contributed by atoms with Crippen molar-refractivity contribution in [2.75, 3.05) is 0 Å². The van der Waals surface area contributed by atoms with E-state index in [9.17, 15) is 28.8 Å². The number of hydrogen-bond acceptors (Lipinski definition) is 12. The van der Waals surface area contributed by atoms with Crippen LogP contribution in [0.15, 0.2) is 164 Å². The molecular weight excluding hydrogens is 1130 g/mol. The number of carbonyl (C=O) groups is 6. The van der Waals surface area contributed by atoms with Gasteiger partial charge in [0, 0.05) is 0 Å². The fourth-order valence-electron chi connectivity index (χ4n) is 12.7. The highest BCUT2D eigenvalue weighted by atomic mass is 16.9. The van der Waals surface area contributed by atoms with Gasteiger partial charge >= 0.3 is 23.9 Å². The van der Waals surface area contributed by atoms with Crippen LogP contribution in [-0.2, 0) is 76.5 Å². The van der Waals surface area contributed by atoms with Gasteiger partial charge in [-0.3, -0.25) is 14.4 Å². The van der Waals surface area contributed by atoms with Crippen molar-refractivity contribution >= 4 is 102 Å². The van der Waals surface area contributed by atoms with Gasteiger partial charge in [0.15, 0.2) is 18.3 Å². The van der Waals surface area contributed by atoms with E-state index in [1.54, 1.807) is 0 Å². The molecule has 12 heteroatoms. The highest BCUT2D eigenvalue weighted by molar-refractivity contribution is 6.02. The van der Waals surface area contributed by atoms with Crippen LogP contribution < -0.4 is 0 Å². The smallest absolute Gasteiger partial charge is 0.423 e. The minimum atomic E-state index is -2.71. The summed E-state index contributed by atoms with van der Waals surface area (Å²) in [7, 11) is 0. The molecule has 0 aromatic heterocycles. The summed E-state index contributed by atoms with van der Waals surface area (Å²) in [5.74, 6) is -6.06. The summed E-state index contributed by atoms with van der Waals surface area (Å²) >= 11 is 0. The molecule has 0 aliphatic rings. The molecule has 0 radical (unpaired) electrons. The standard InChI is InChI=1S/C78H86O12/c1-2-78(88-75(82)72(85-54-79)45-18-12-6-3-9-15-30-57-39-27-42-66-48-60-33-21-24-36-63(60)51-69(57)66,89-76(83)73(86-55-80)46-19-13-7-4-10-16-31-58-40-28-43-67-49-61-34-22-25-37-64(61)52-70(58)67)90-77(84)74(87-56-81)47-20-14-8-5-11-17-32-59-41-29-44-68-50-62-35-23-26-38-65(62)53-71(59)68/h21-29,33-44,48-56,72-74H,2-20,30-32,45-47H2,1H3. The zero-order valence-electron chi connectivity index (χ0n) is 52.1. The Morgan fingerprint density at radius 1 is 0.322 bits per heavy atom. The van der Waals surface area contributed by atoms with Crippen LogP contribution in [0.1, 0.15) is 165 Å². The lowest BCUT2D eigenvalue weighted by Crippen LogP contribution is -2.49. The van der Waals surface area contributed by atoms with Crippen molar-refractivity contribution in [2.45, 2.75) is 192 Å². The number of unbranched alkanes of at least 4 members (excludes halogenated alkanes) is 15. The number of ether oxygens (including phenoxy) is 6. The number of hydrogen-bond donors (Lipinski definition) is 0.